The molecule has 3 heterocycles. The molecule has 3 aromatic rings. The third-order valence-electron chi connectivity index (χ3n) is 7.76. The maximum atomic E-state index is 11.2. The number of quaternary nitrogens is 1. The van der Waals surface area contributed by atoms with Crippen molar-refractivity contribution in [1.82, 2.24) is 0 Å². The van der Waals surface area contributed by atoms with Crippen LogP contribution in [0, 0.1) is 10.1 Å². The van der Waals surface area contributed by atoms with E-state index in [-0.39, 0.29) is 23.4 Å². The van der Waals surface area contributed by atoms with E-state index in [1.165, 1.54) is 22.3 Å². The van der Waals surface area contributed by atoms with Crippen LogP contribution in [0.15, 0.2) is 48.5 Å². The Bertz CT molecular complexity index is 1320. The summed E-state index contributed by atoms with van der Waals surface area (Å²) in [7, 11) is 3.36. The van der Waals surface area contributed by atoms with Crippen molar-refractivity contribution in [1.29, 1.82) is 0 Å². The van der Waals surface area contributed by atoms with Gasteiger partial charge in [0.2, 0.25) is 6.79 Å². The van der Waals surface area contributed by atoms with Crippen molar-refractivity contribution in [3.8, 4) is 23.0 Å². The van der Waals surface area contributed by atoms with E-state index in [4.69, 9.17) is 18.9 Å². The Morgan fingerprint density at radius 3 is 2.51 bits per heavy atom. The van der Waals surface area contributed by atoms with Crippen molar-refractivity contribution < 1.29 is 28.4 Å². The number of non-ortho nitro benzene ring substituents is 1. The number of ether oxygens (including phenoxy) is 4. The summed E-state index contributed by atoms with van der Waals surface area (Å²) in [6, 6.07) is 15.6. The predicted molar refractivity (Wildman–Crippen MR) is 128 cm³/mol. The molecule has 8 heteroatoms. The molecule has 0 aromatic heterocycles. The van der Waals surface area contributed by atoms with E-state index < -0.39 is 0 Å². The molecule has 0 saturated carbocycles. The van der Waals surface area contributed by atoms with E-state index in [0.717, 1.165) is 65.5 Å². The zero-order valence-electron chi connectivity index (χ0n) is 19.8. The average molecular weight is 476 g/mol. The fraction of sp³-hybridized carbons (Fsp3) is 0.333. The highest BCUT2D eigenvalue weighted by Gasteiger charge is 2.47. The Balaban J connectivity index is 1.48. The lowest BCUT2D eigenvalue weighted by Crippen LogP contribution is -2.55. The summed E-state index contributed by atoms with van der Waals surface area (Å²) < 4.78 is 23.6. The highest BCUT2D eigenvalue weighted by molar-refractivity contribution is 5.54. The minimum absolute atomic E-state index is 0.109. The molecule has 0 aliphatic carbocycles. The van der Waals surface area contributed by atoms with Gasteiger partial charge in [-0.1, -0.05) is 6.07 Å². The Morgan fingerprint density at radius 1 is 1.03 bits per heavy atom. The molecular weight excluding hydrogens is 448 g/mol. The number of nitro benzene ring substituents is 1. The molecule has 3 aromatic carbocycles. The number of nitrogens with zero attached hydrogens (tertiary/aromatic N) is 2. The van der Waals surface area contributed by atoms with Gasteiger partial charge in [0.25, 0.3) is 5.69 Å². The Morgan fingerprint density at radius 2 is 1.80 bits per heavy atom. The average Bonchev–Trinajstić information content (AvgIpc) is 3.33. The number of nitro groups is 1. The smallest absolute Gasteiger partial charge is 0.269 e. The normalized spacial score (nSPS) is 21.5. The van der Waals surface area contributed by atoms with Gasteiger partial charge in [0.05, 0.1) is 31.3 Å². The topological polar surface area (TPSA) is 80.1 Å². The van der Waals surface area contributed by atoms with E-state index >= 15 is 0 Å². The van der Waals surface area contributed by atoms with Gasteiger partial charge < -0.3 is 23.4 Å². The maximum Gasteiger partial charge on any atom is 0.269 e. The van der Waals surface area contributed by atoms with Crippen LogP contribution in [0.3, 0.4) is 0 Å². The second-order valence-corrected chi connectivity index (χ2v) is 9.49. The first-order valence-electron chi connectivity index (χ1n) is 11.8. The monoisotopic (exact) mass is 475 g/mol. The minimum Gasteiger partial charge on any atom is -0.493 e. The van der Waals surface area contributed by atoms with Crippen molar-refractivity contribution in [2.45, 2.75) is 32.0 Å². The lowest BCUT2D eigenvalue weighted by atomic mass is 9.80. The van der Waals surface area contributed by atoms with Crippen molar-refractivity contribution >= 4 is 5.69 Å². The first kappa shape index (κ1) is 21.7. The van der Waals surface area contributed by atoms with Gasteiger partial charge in [-0.15, -0.1) is 0 Å². The molecule has 2 atom stereocenters. The fourth-order valence-corrected chi connectivity index (χ4v) is 6.06. The molecule has 6 rings (SSSR count). The zero-order valence-corrected chi connectivity index (χ0v) is 19.8. The second-order valence-electron chi connectivity index (χ2n) is 9.49. The van der Waals surface area contributed by atoms with Gasteiger partial charge in [-0.05, 0) is 41.5 Å². The van der Waals surface area contributed by atoms with E-state index in [1.54, 1.807) is 26.4 Å². The third-order valence-corrected chi connectivity index (χ3v) is 7.76. The molecule has 0 bridgehead atoms. The Labute approximate surface area is 203 Å². The van der Waals surface area contributed by atoms with Crippen molar-refractivity contribution in [3.63, 3.8) is 0 Å². The summed E-state index contributed by atoms with van der Waals surface area (Å²) in [5.41, 5.74) is 6.22. The molecule has 8 nitrogen and oxygen atoms in total. The number of fused-ring (bicyclic) bond motifs is 5. The SMILES string of the molecule is COc1ccc2c(c1OC)C[N+]1(Cc3ccc([N+](=O)[O-])cc3)CCc3cc4c(cc3C1C2)OCO4. The van der Waals surface area contributed by atoms with Crippen LogP contribution >= 0.6 is 0 Å². The van der Waals surface area contributed by atoms with Crippen LogP contribution < -0.4 is 18.9 Å². The lowest BCUT2D eigenvalue weighted by molar-refractivity contribution is -0.985. The van der Waals surface area contributed by atoms with Gasteiger partial charge in [-0.3, -0.25) is 10.1 Å². The van der Waals surface area contributed by atoms with Gasteiger partial charge in [0.1, 0.15) is 19.1 Å². The number of hydrogen-bond acceptors (Lipinski definition) is 6. The van der Waals surface area contributed by atoms with Gasteiger partial charge in [0, 0.05) is 36.1 Å². The van der Waals surface area contributed by atoms with Gasteiger partial charge in [-0.25, -0.2) is 0 Å². The summed E-state index contributed by atoms with van der Waals surface area (Å²) in [4.78, 5) is 10.8. The summed E-state index contributed by atoms with van der Waals surface area (Å²) in [6.45, 7) is 2.74. The van der Waals surface area contributed by atoms with E-state index in [9.17, 15) is 10.1 Å². The van der Waals surface area contributed by atoms with Gasteiger partial charge >= 0.3 is 0 Å². The highest BCUT2D eigenvalue weighted by Crippen LogP contribution is 2.51. The quantitative estimate of drug-likeness (QED) is 0.302. The largest absolute Gasteiger partial charge is 0.493 e. The number of rotatable bonds is 5. The van der Waals surface area contributed by atoms with Crippen molar-refractivity contribution in [2.75, 3.05) is 27.6 Å². The molecule has 3 aliphatic rings. The molecule has 35 heavy (non-hydrogen) atoms. The molecule has 0 N–H and O–H groups in total. The number of hydrogen-bond donors (Lipinski definition) is 0. The van der Waals surface area contributed by atoms with Crippen LogP contribution in [0.25, 0.3) is 0 Å². The van der Waals surface area contributed by atoms with Crippen molar-refractivity contribution in [3.05, 3.63) is 86.5 Å². The second kappa shape index (κ2) is 8.16. The van der Waals surface area contributed by atoms with Crippen LogP contribution in [0.4, 0.5) is 5.69 Å². The molecule has 0 saturated heterocycles. The van der Waals surface area contributed by atoms with Crippen LogP contribution in [0.1, 0.15) is 33.9 Å². The number of benzene rings is 3. The van der Waals surface area contributed by atoms with Crippen LogP contribution in [-0.2, 0) is 25.9 Å². The molecule has 0 amide bonds. The molecule has 0 spiro atoms. The summed E-state index contributed by atoms with van der Waals surface area (Å²) >= 11 is 0. The first-order chi connectivity index (χ1) is 17.0. The fourth-order valence-electron chi connectivity index (χ4n) is 6.06. The van der Waals surface area contributed by atoms with Crippen molar-refractivity contribution in [2.24, 2.45) is 0 Å². The summed E-state index contributed by atoms with van der Waals surface area (Å²) in [6.07, 6.45) is 1.77. The number of methoxy groups -OCH3 is 2. The van der Waals surface area contributed by atoms with Crippen LogP contribution in [-0.4, -0.2) is 37.0 Å². The molecule has 180 valence electrons. The van der Waals surface area contributed by atoms with Crippen LogP contribution in [0.5, 0.6) is 23.0 Å². The van der Waals surface area contributed by atoms with E-state index in [0.29, 0.717) is 0 Å². The molecular formula is C27H27N2O6+. The molecule has 0 fully saturated rings. The van der Waals surface area contributed by atoms with Crippen LogP contribution in [0.2, 0.25) is 0 Å². The maximum absolute atomic E-state index is 11.2. The molecule has 0 radical (unpaired) electrons. The molecule has 2 unspecified atom stereocenters. The minimum atomic E-state index is -0.354. The predicted octanol–water partition coefficient (Wildman–Crippen LogP) is 4.71. The first-order valence-corrected chi connectivity index (χ1v) is 11.8. The highest BCUT2D eigenvalue weighted by atomic mass is 16.7. The van der Waals surface area contributed by atoms with Gasteiger partial charge in [0.15, 0.2) is 23.0 Å². The lowest BCUT2D eigenvalue weighted by Gasteiger charge is -2.51. The Kier molecular flexibility index (Phi) is 5.07. The zero-order chi connectivity index (χ0) is 24.2. The summed E-state index contributed by atoms with van der Waals surface area (Å²) in [5.74, 6) is 3.15. The van der Waals surface area contributed by atoms with E-state index in [2.05, 4.69) is 18.2 Å². The summed E-state index contributed by atoms with van der Waals surface area (Å²) in [5, 5.41) is 11.2. The molecule has 3 aliphatic heterocycles. The standard InChI is InChI=1S/C27H27N2O6/c1-32-24-8-5-18-11-23-21-13-26-25(34-16-35-26)12-19(21)9-10-29(23,15-22(18)27(24)33-2)14-17-3-6-20(7-4-17)28(30)31/h3-8,12-13,23H,9-11,14-16H2,1-2H3/q+1. The third kappa shape index (κ3) is 3.47. The Hall–Kier alpha value is -3.78. The van der Waals surface area contributed by atoms with E-state index in [1.807, 2.05) is 18.2 Å². The van der Waals surface area contributed by atoms with Gasteiger partial charge in [-0.2, -0.15) is 0 Å².